The third kappa shape index (κ3) is 12.2. The van der Waals surface area contributed by atoms with Crippen LogP contribution >= 0.6 is 0 Å². The van der Waals surface area contributed by atoms with Crippen molar-refractivity contribution in [2.45, 2.75) is 33.4 Å². The first-order valence-electron chi connectivity index (χ1n) is 9.95. The van der Waals surface area contributed by atoms with Crippen LogP contribution in [0.15, 0.2) is 0 Å². The van der Waals surface area contributed by atoms with Crippen LogP contribution in [-0.4, -0.2) is 138 Å². The van der Waals surface area contributed by atoms with Crippen molar-refractivity contribution in [3.05, 3.63) is 0 Å². The van der Waals surface area contributed by atoms with E-state index >= 15 is 0 Å². The summed E-state index contributed by atoms with van der Waals surface area (Å²) in [5.41, 5.74) is 0. The molecule has 1 heterocycles. The molecule has 173 valence electrons. The zero-order valence-electron chi connectivity index (χ0n) is 17.1. The maximum absolute atomic E-state index is 11.1. The van der Waals surface area contributed by atoms with Gasteiger partial charge in [-0.3, -0.25) is 9.80 Å². The van der Waals surface area contributed by atoms with E-state index < -0.39 is 24.7 Å². The maximum Gasteiger partial charge on any atom is 3.00 e. The molecular weight excluding hydrogens is 521 g/mol. The molecule has 0 aromatic heterocycles. The van der Waals surface area contributed by atoms with E-state index in [1.54, 1.807) is 0 Å². The summed E-state index contributed by atoms with van der Waals surface area (Å²) < 4.78 is 0. The predicted molar refractivity (Wildman–Crippen MR) is 108 cm³/mol. The Morgan fingerprint density at radius 3 is 1.66 bits per heavy atom. The van der Waals surface area contributed by atoms with Crippen LogP contribution < -0.4 is 5.11 Å². The van der Waals surface area contributed by atoms with Gasteiger partial charge in [0.25, 0.3) is 0 Å². The Morgan fingerprint density at radius 2 is 1.28 bits per heavy atom. The van der Waals surface area contributed by atoms with E-state index in [1.807, 2.05) is 9.80 Å². The first kappa shape index (κ1) is 31.7. The van der Waals surface area contributed by atoms with Crippen LogP contribution in [0.4, 0.5) is 0 Å². The van der Waals surface area contributed by atoms with Crippen LogP contribution in [0.5, 0.6) is 0 Å². The molecule has 1 fully saturated rings. The molecule has 0 aromatic carbocycles. The maximum atomic E-state index is 11.1. The average Bonchev–Trinajstić information content (AvgIpc) is 2.65. The second kappa shape index (κ2) is 18.1. The van der Waals surface area contributed by atoms with Gasteiger partial charge in [-0.25, -0.2) is 0 Å². The minimum absolute atomic E-state index is 0. The largest absolute Gasteiger partial charge is 3.00 e. The number of hydrogen-bond donors (Lipinski definition) is 3. The number of aliphatic carboxylic acids is 1. The normalized spacial score (nSPS) is 21.1. The number of likely N-dealkylation sites (N-methyl/N-ethyl adjacent to an activating group) is 2. The predicted octanol–water partition coefficient (Wildman–Crippen LogP) is -2.65. The monoisotopic (exact) mass is 563 g/mol. The van der Waals surface area contributed by atoms with Gasteiger partial charge in [0.2, 0.25) is 0 Å². The molecule has 1 aliphatic rings. The Bertz CT molecular complexity index is 422. The van der Waals surface area contributed by atoms with Gasteiger partial charge in [0.15, 0.2) is 0 Å². The number of hydrogen-bond acceptors (Lipinski definition) is 9. The summed E-state index contributed by atoms with van der Waals surface area (Å²) in [5.74, 6) is -1.11. The van der Waals surface area contributed by atoms with Gasteiger partial charge in [-0.2, -0.15) is 0 Å². The molecule has 1 saturated heterocycles. The Labute approximate surface area is 208 Å². The molecule has 0 spiro atoms. The fraction of sp³-hybridized carbons (Fsp3) is 0.947. The molecule has 0 aliphatic carbocycles. The fourth-order valence-corrected chi connectivity index (χ4v) is 3.46. The van der Waals surface area contributed by atoms with Crippen LogP contribution in [0, 0.1) is 39.9 Å². The quantitative estimate of drug-likeness (QED) is 0.292. The molecule has 0 aromatic rings. The number of carboxylic acids is 1. The van der Waals surface area contributed by atoms with E-state index in [0.717, 1.165) is 39.3 Å². The fourth-order valence-electron chi connectivity index (χ4n) is 3.46. The molecule has 0 unspecified atom stereocenters. The Balaban J connectivity index is 0. The molecule has 9 nitrogen and oxygen atoms in total. The van der Waals surface area contributed by atoms with Gasteiger partial charge in [-0.15, -0.1) is 0 Å². The van der Waals surface area contributed by atoms with E-state index in [2.05, 4.69) is 23.6 Å². The van der Waals surface area contributed by atoms with Crippen molar-refractivity contribution in [2.75, 3.05) is 85.2 Å². The molecule has 0 saturated carbocycles. The smallest absolute Gasteiger partial charge is 0.549 e. The summed E-state index contributed by atoms with van der Waals surface area (Å²) in [6.07, 6.45) is -1.04. The van der Waals surface area contributed by atoms with E-state index in [-0.39, 0.29) is 60.5 Å². The number of carboxylic acid groups (broad SMARTS) is 1. The second-order valence-electron chi connectivity index (χ2n) is 7.05. The Hall–Kier alpha value is 0.515. The van der Waals surface area contributed by atoms with Gasteiger partial charge in [0, 0.05) is 58.9 Å². The van der Waals surface area contributed by atoms with Gasteiger partial charge >= 0.3 is 39.9 Å². The molecular formula is C19H41GdN4O5+2. The molecule has 1 radical (unpaired) electrons. The van der Waals surface area contributed by atoms with Crippen LogP contribution in [0.25, 0.3) is 0 Å². The number of rotatable bonds is 8. The van der Waals surface area contributed by atoms with Crippen molar-refractivity contribution in [2.24, 2.45) is 0 Å². The summed E-state index contributed by atoms with van der Waals surface area (Å²) >= 11 is 0. The number of carbonyl (C=O) groups is 1. The Kier molecular flexibility index (Phi) is 19.8. The molecule has 2 atom stereocenters. The minimum Gasteiger partial charge on any atom is -0.549 e. The van der Waals surface area contributed by atoms with Crippen LogP contribution in [-0.2, 0) is 4.79 Å². The van der Waals surface area contributed by atoms with Crippen molar-refractivity contribution < 1.29 is 65.2 Å². The second-order valence-corrected chi connectivity index (χ2v) is 7.05. The van der Waals surface area contributed by atoms with Crippen LogP contribution in [0.2, 0.25) is 0 Å². The van der Waals surface area contributed by atoms with E-state index in [9.17, 15) is 25.2 Å². The zero-order valence-corrected chi connectivity index (χ0v) is 19.4. The SMILES string of the molecule is C.CCN1CCN(CC)CCN([C@H](CO)[C@H](O)CO)CCN(CC(=O)[O-])CC1.[Gd+3]. The molecule has 3 N–H and O–H groups in total. The molecule has 29 heavy (non-hydrogen) atoms. The van der Waals surface area contributed by atoms with Crippen LogP contribution in [0.1, 0.15) is 21.3 Å². The topological polar surface area (TPSA) is 114 Å². The van der Waals surface area contributed by atoms with Crippen molar-refractivity contribution in [3.8, 4) is 0 Å². The number of aliphatic hydroxyl groups excluding tert-OH is 3. The van der Waals surface area contributed by atoms with Gasteiger partial charge in [0.05, 0.1) is 31.3 Å². The first-order valence-corrected chi connectivity index (χ1v) is 9.95. The van der Waals surface area contributed by atoms with Crippen LogP contribution in [0.3, 0.4) is 0 Å². The van der Waals surface area contributed by atoms with Gasteiger partial charge < -0.3 is 35.0 Å². The minimum atomic E-state index is -1.11. The van der Waals surface area contributed by atoms with Gasteiger partial charge in [-0.1, -0.05) is 21.3 Å². The van der Waals surface area contributed by atoms with E-state index in [1.165, 1.54) is 0 Å². The summed E-state index contributed by atoms with van der Waals surface area (Å²) in [4.78, 5) is 19.5. The molecule has 1 rings (SSSR count). The number of nitrogens with zero attached hydrogens (tertiary/aromatic N) is 4. The molecule has 0 bridgehead atoms. The standard InChI is InChI=1S/C18H38N4O5.CH4.Gd/c1-3-19-5-6-20(4-2)9-11-22(16(14-23)17(25)15-24)12-10-21(8-7-19)13-18(26)27;;/h16-17,23-25H,3-15H2,1-2H3,(H,26,27);1H4;/q;;+3/p-1/t16-,17-;;/m1../s1. The molecule has 1 aliphatic heterocycles. The number of aliphatic hydroxyl groups is 3. The van der Waals surface area contributed by atoms with Crippen molar-refractivity contribution in [1.29, 1.82) is 0 Å². The third-order valence-corrected chi connectivity index (χ3v) is 5.41. The third-order valence-electron chi connectivity index (χ3n) is 5.41. The summed E-state index contributed by atoms with van der Waals surface area (Å²) in [7, 11) is 0. The molecule has 10 heteroatoms. The van der Waals surface area contributed by atoms with Crippen molar-refractivity contribution in [1.82, 2.24) is 19.6 Å². The number of carbonyl (C=O) groups excluding carboxylic acids is 1. The first-order chi connectivity index (χ1) is 12.9. The van der Waals surface area contributed by atoms with Gasteiger partial charge in [0.1, 0.15) is 0 Å². The zero-order chi connectivity index (χ0) is 20.2. The van der Waals surface area contributed by atoms with Crippen molar-refractivity contribution in [3.63, 3.8) is 0 Å². The van der Waals surface area contributed by atoms with Crippen molar-refractivity contribution >= 4 is 5.97 Å². The molecule has 0 amide bonds. The Morgan fingerprint density at radius 1 is 0.862 bits per heavy atom. The summed E-state index contributed by atoms with van der Waals surface area (Å²) in [6.45, 7) is 10.8. The summed E-state index contributed by atoms with van der Waals surface area (Å²) in [6, 6.07) is -0.575. The van der Waals surface area contributed by atoms with Gasteiger partial charge in [-0.05, 0) is 13.1 Å². The van der Waals surface area contributed by atoms with E-state index in [0.29, 0.717) is 26.2 Å². The van der Waals surface area contributed by atoms with E-state index in [4.69, 9.17) is 0 Å². The summed E-state index contributed by atoms with van der Waals surface area (Å²) in [5, 5.41) is 40.2. The average molecular weight is 563 g/mol.